The number of hydrogen-bond acceptors (Lipinski definition) is 2. The second kappa shape index (κ2) is 8.75. The van der Waals surface area contributed by atoms with Crippen molar-refractivity contribution in [3.05, 3.63) is 12.2 Å². The number of carbonyl (C=O) groups excluding carboxylic acids is 1. The Morgan fingerprint density at radius 1 is 1.36 bits per heavy atom. The van der Waals surface area contributed by atoms with Crippen molar-refractivity contribution in [2.45, 2.75) is 27.2 Å². The van der Waals surface area contributed by atoms with Gasteiger partial charge in [0.1, 0.15) is 0 Å². The Hall–Kier alpha value is -0.830. The first-order valence-electron chi connectivity index (χ1n) is 5.37. The van der Waals surface area contributed by atoms with Gasteiger partial charge in [-0.25, -0.2) is 0 Å². The van der Waals surface area contributed by atoms with Crippen LogP contribution in [0.1, 0.15) is 27.2 Å². The summed E-state index contributed by atoms with van der Waals surface area (Å²) < 4.78 is 0. The molecule has 0 aliphatic rings. The summed E-state index contributed by atoms with van der Waals surface area (Å²) in [5.74, 6) is 0.00652. The lowest BCUT2D eigenvalue weighted by Crippen LogP contribution is -2.29. The van der Waals surface area contributed by atoms with Gasteiger partial charge < -0.3 is 10.2 Å². The molecule has 0 bridgehead atoms. The Balaban J connectivity index is 3.41. The van der Waals surface area contributed by atoms with Gasteiger partial charge in [0.15, 0.2) is 0 Å². The van der Waals surface area contributed by atoms with Crippen molar-refractivity contribution >= 4 is 5.91 Å². The van der Waals surface area contributed by atoms with E-state index in [0.717, 1.165) is 32.6 Å². The molecule has 3 nitrogen and oxygen atoms in total. The first kappa shape index (κ1) is 13.2. The molecular weight excluding hydrogens is 176 g/mol. The van der Waals surface area contributed by atoms with E-state index in [1.165, 1.54) is 0 Å². The largest absolute Gasteiger partial charge is 0.353 e. The van der Waals surface area contributed by atoms with E-state index in [9.17, 15) is 4.79 Å². The topological polar surface area (TPSA) is 32.3 Å². The summed E-state index contributed by atoms with van der Waals surface area (Å²) in [5, 5.41) is 2.83. The van der Waals surface area contributed by atoms with E-state index in [0.29, 0.717) is 0 Å². The molecular formula is C11H22N2O. The van der Waals surface area contributed by atoms with Crippen molar-refractivity contribution in [1.82, 2.24) is 10.2 Å². The first-order chi connectivity index (χ1) is 6.74. The number of allylic oxidation sites excluding steroid dienone is 1. The molecule has 0 radical (unpaired) electrons. The standard InChI is InChI=1S/C11H22N2O/c1-4-8-11(14)12-9-7-10-13(5-2)6-3/h4,8H,5-7,9-10H2,1-3H3,(H,12,14)/b8-4+. The molecule has 0 aliphatic heterocycles. The van der Waals surface area contributed by atoms with Gasteiger partial charge >= 0.3 is 0 Å². The summed E-state index contributed by atoms with van der Waals surface area (Å²) in [7, 11) is 0. The summed E-state index contributed by atoms with van der Waals surface area (Å²) in [6, 6.07) is 0. The third-order valence-corrected chi connectivity index (χ3v) is 2.16. The number of nitrogens with zero attached hydrogens (tertiary/aromatic N) is 1. The lowest BCUT2D eigenvalue weighted by Gasteiger charge is -2.17. The van der Waals surface area contributed by atoms with Gasteiger partial charge in [0.25, 0.3) is 0 Å². The van der Waals surface area contributed by atoms with E-state index in [1.54, 1.807) is 12.2 Å². The summed E-state index contributed by atoms with van der Waals surface area (Å²) in [6.45, 7) is 10.1. The van der Waals surface area contributed by atoms with Crippen LogP contribution in [-0.4, -0.2) is 37.0 Å². The van der Waals surface area contributed by atoms with Crippen LogP contribution in [0.3, 0.4) is 0 Å². The number of nitrogens with one attached hydrogen (secondary N) is 1. The Morgan fingerprint density at radius 2 is 2.00 bits per heavy atom. The molecule has 0 aromatic rings. The molecule has 0 aliphatic carbocycles. The summed E-state index contributed by atoms with van der Waals surface area (Å²) in [4.78, 5) is 13.4. The van der Waals surface area contributed by atoms with Crippen LogP contribution in [0.4, 0.5) is 0 Å². The third kappa shape index (κ3) is 6.66. The van der Waals surface area contributed by atoms with E-state index in [-0.39, 0.29) is 5.91 Å². The average molecular weight is 198 g/mol. The van der Waals surface area contributed by atoms with Crippen LogP contribution in [0.5, 0.6) is 0 Å². The van der Waals surface area contributed by atoms with Crippen LogP contribution < -0.4 is 5.32 Å². The van der Waals surface area contributed by atoms with Gasteiger partial charge in [-0.2, -0.15) is 0 Å². The second-order valence-electron chi connectivity index (χ2n) is 3.17. The summed E-state index contributed by atoms with van der Waals surface area (Å²) in [5.41, 5.74) is 0. The molecule has 0 fully saturated rings. The van der Waals surface area contributed by atoms with E-state index in [2.05, 4.69) is 24.1 Å². The zero-order valence-electron chi connectivity index (χ0n) is 9.55. The number of hydrogen-bond donors (Lipinski definition) is 1. The van der Waals surface area contributed by atoms with Gasteiger partial charge in [0.05, 0.1) is 0 Å². The fraction of sp³-hybridized carbons (Fsp3) is 0.727. The molecule has 0 saturated carbocycles. The molecule has 14 heavy (non-hydrogen) atoms. The van der Waals surface area contributed by atoms with Crippen LogP contribution in [0.2, 0.25) is 0 Å². The molecule has 82 valence electrons. The molecule has 0 aromatic heterocycles. The molecule has 0 unspecified atom stereocenters. The molecule has 1 amide bonds. The van der Waals surface area contributed by atoms with Gasteiger partial charge in [-0.1, -0.05) is 19.9 Å². The fourth-order valence-electron chi connectivity index (χ4n) is 1.26. The van der Waals surface area contributed by atoms with Gasteiger partial charge in [-0.3, -0.25) is 4.79 Å². The maximum absolute atomic E-state index is 11.0. The van der Waals surface area contributed by atoms with E-state index in [1.807, 2.05) is 6.92 Å². The molecule has 1 N–H and O–H groups in total. The highest BCUT2D eigenvalue weighted by atomic mass is 16.1. The predicted octanol–water partition coefficient (Wildman–Crippen LogP) is 1.41. The van der Waals surface area contributed by atoms with E-state index < -0.39 is 0 Å². The Labute approximate surface area is 87.2 Å². The van der Waals surface area contributed by atoms with Gasteiger partial charge in [-0.15, -0.1) is 0 Å². The molecule has 3 heteroatoms. The number of amides is 1. The Kier molecular flexibility index (Phi) is 8.24. The minimum absolute atomic E-state index is 0.00652. The highest BCUT2D eigenvalue weighted by Crippen LogP contribution is 1.89. The normalized spacial score (nSPS) is 11.1. The Bertz CT molecular complexity index is 174. The maximum atomic E-state index is 11.0. The van der Waals surface area contributed by atoms with Crippen molar-refractivity contribution in [3.63, 3.8) is 0 Å². The fourth-order valence-corrected chi connectivity index (χ4v) is 1.26. The van der Waals surface area contributed by atoms with Crippen LogP contribution in [0.25, 0.3) is 0 Å². The van der Waals surface area contributed by atoms with E-state index >= 15 is 0 Å². The van der Waals surface area contributed by atoms with Crippen LogP contribution in [0.15, 0.2) is 12.2 Å². The SMILES string of the molecule is C/C=C/C(=O)NCCCN(CC)CC. The highest BCUT2D eigenvalue weighted by Gasteiger charge is 1.98. The molecule has 0 atom stereocenters. The van der Waals surface area contributed by atoms with Crippen molar-refractivity contribution in [3.8, 4) is 0 Å². The minimum Gasteiger partial charge on any atom is -0.353 e. The van der Waals surface area contributed by atoms with Crippen molar-refractivity contribution in [2.75, 3.05) is 26.2 Å². The van der Waals surface area contributed by atoms with Crippen molar-refractivity contribution < 1.29 is 4.79 Å². The lowest BCUT2D eigenvalue weighted by molar-refractivity contribution is -0.116. The van der Waals surface area contributed by atoms with E-state index in [4.69, 9.17) is 0 Å². The molecule has 0 heterocycles. The first-order valence-corrected chi connectivity index (χ1v) is 5.37. The van der Waals surface area contributed by atoms with Crippen LogP contribution in [-0.2, 0) is 4.79 Å². The molecule has 0 spiro atoms. The van der Waals surface area contributed by atoms with Gasteiger partial charge in [0, 0.05) is 6.54 Å². The highest BCUT2D eigenvalue weighted by molar-refractivity contribution is 5.87. The van der Waals surface area contributed by atoms with Gasteiger partial charge in [0.2, 0.25) is 5.91 Å². The average Bonchev–Trinajstić information content (AvgIpc) is 2.19. The zero-order chi connectivity index (χ0) is 10.8. The third-order valence-electron chi connectivity index (χ3n) is 2.16. The lowest BCUT2D eigenvalue weighted by atomic mass is 10.3. The monoisotopic (exact) mass is 198 g/mol. The maximum Gasteiger partial charge on any atom is 0.243 e. The summed E-state index contributed by atoms with van der Waals surface area (Å²) in [6.07, 6.45) is 4.32. The Morgan fingerprint density at radius 3 is 2.50 bits per heavy atom. The van der Waals surface area contributed by atoms with Gasteiger partial charge in [-0.05, 0) is 39.1 Å². The smallest absolute Gasteiger partial charge is 0.243 e. The molecule has 0 aromatic carbocycles. The van der Waals surface area contributed by atoms with Crippen LogP contribution >= 0.6 is 0 Å². The minimum atomic E-state index is 0.00652. The number of carbonyl (C=O) groups is 1. The predicted molar refractivity (Wildman–Crippen MR) is 60.2 cm³/mol. The van der Waals surface area contributed by atoms with Crippen molar-refractivity contribution in [2.24, 2.45) is 0 Å². The number of rotatable bonds is 7. The molecule has 0 rings (SSSR count). The quantitative estimate of drug-likeness (QED) is 0.495. The summed E-state index contributed by atoms with van der Waals surface area (Å²) >= 11 is 0. The van der Waals surface area contributed by atoms with Crippen LogP contribution in [0, 0.1) is 0 Å². The second-order valence-corrected chi connectivity index (χ2v) is 3.17. The van der Waals surface area contributed by atoms with Crippen molar-refractivity contribution in [1.29, 1.82) is 0 Å². The molecule has 0 saturated heterocycles. The zero-order valence-corrected chi connectivity index (χ0v) is 9.55.